The van der Waals surface area contributed by atoms with E-state index in [0.717, 1.165) is 19.5 Å². The lowest BCUT2D eigenvalue weighted by Gasteiger charge is -2.36. The molecule has 0 unspecified atom stereocenters. The van der Waals surface area contributed by atoms with Crippen molar-refractivity contribution in [3.05, 3.63) is 54.2 Å². The quantitative estimate of drug-likeness (QED) is 0.576. The highest BCUT2D eigenvalue weighted by Crippen LogP contribution is 2.36. The van der Waals surface area contributed by atoms with Crippen molar-refractivity contribution in [2.24, 2.45) is 11.8 Å². The average Bonchev–Trinajstić information content (AvgIpc) is 2.78. The van der Waals surface area contributed by atoms with Crippen LogP contribution in [0.2, 0.25) is 0 Å². The summed E-state index contributed by atoms with van der Waals surface area (Å²) in [5.41, 5.74) is 1.42. The Morgan fingerprint density at radius 3 is 2.19 bits per heavy atom. The monoisotopic (exact) mass is 450 g/mol. The molecule has 0 amide bonds. The fraction of sp³-hybridized carbons (Fsp3) is 0.375. The molecular formula is C24H26N4O3S. The summed E-state index contributed by atoms with van der Waals surface area (Å²) in [7, 11) is -2.52. The molecule has 2 heterocycles. The molecule has 4 rings (SSSR count). The summed E-state index contributed by atoms with van der Waals surface area (Å²) in [5.74, 6) is 1.88. The molecule has 0 aliphatic carbocycles. The number of benzene rings is 2. The average molecular weight is 451 g/mol. The minimum Gasteiger partial charge on any atom is -0.497 e. The lowest BCUT2D eigenvalue weighted by molar-refractivity contribution is 0.355. The molecule has 0 bridgehead atoms. The van der Waals surface area contributed by atoms with Gasteiger partial charge in [0.1, 0.15) is 11.4 Å². The number of nitriles is 1. The lowest BCUT2D eigenvalue weighted by atomic mass is 9.92. The predicted molar refractivity (Wildman–Crippen MR) is 123 cm³/mol. The summed E-state index contributed by atoms with van der Waals surface area (Å²) in [5, 5.41) is 8.56. The van der Waals surface area contributed by atoms with Crippen LogP contribution in [-0.4, -0.2) is 38.6 Å². The number of para-hydroxylation sites is 2. The van der Waals surface area contributed by atoms with E-state index in [-0.39, 0.29) is 10.6 Å². The molecule has 1 fully saturated rings. The van der Waals surface area contributed by atoms with E-state index in [4.69, 9.17) is 9.72 Å². The van der Waals surface area contributed by atoms with Crippen LogP contribution in [0, 0.1) is 23.2 Å². The van der Waals surface area contributed by atoms with Crippen LogP contribution in [0.5, 0.6) is 5.75 Å². The lowest BCUT2D eigenvalue weighted by Crippen LogP contribution is -2.40. The highest BCUT2D eigenvalue weighted by Gasteiger charge is 2.36. The number of rotatable bonds is 5. The minimum atomic E-state index is -4.03. The molecule has 0 spiro atoms. The standard InChI is InChI=1S/C24H26N4O3S/c1-16-12-17(2)15-28(14-16)24-23(26-20-6-4-5-7-21(20)27-24)22(13-25)32(29,30)19-10-8-18(31-3)9-11-19/h4-11,16-17,22H,12,14-15H2,1-3H3/t16-,17+,22-/m1/s1. The summed E-state index contributed by atoms with van der Waals surface area (Å²) >= 11 is 0. The number of fused-ring (bicyclic) bond motifs is 1. The van der Waals surface area contributed by atoms with Gasteiger partial charge in [0.15, 0.2) is 11.1 Å². The third kappa shape index (κ3) is 4.13. The van der Waals surface area contributed by atoms with Gasteiger partial charge in [-0.15, -0.1) is 0 Å². The Morgan fingerprint density at radius 1 is 1.03 bits per heavy atom. The van der Waals surface area contributed by atoms with Crippen LogP contribution in [0.1, 0.15) is 31.2 Å². The maximum atomic E-state index is 13.5. The highest BCUT2D eigenvalue weighted by molar-refractivity contribution is 7.92. The molecule has 1 aliphatic heterocycles. The Labute approximate surface area is 188 Å². The topological polar surface area (TPSA) is 96.2 Å². The fourth-order valence-corrected chi connectivity index (χ4v) is 5.81. The van der Waals surface area contributed by atoms with Crippen LogP contribution in [-0.2, 0) is 9.84 Å². The normalized spacial score (nSPS) is 20.0. The Morgan fingerprint density at radius 2 is 1.62 bits per heavy atom. The van der Waals surface area contributed by atoms with E-state index in [1.807, 2.05) is 24.3 Å². The number of anilines is 1. The molecule has 7 nitrogen and oxygen atoms in total. The second kappa shape index (κ2) is 8.75. The largest absolute Gasteiger partial charge is 0.497 e. The van der Waals surface area contributed by atoms with Crippen LogP contribution >= 0.6 is 0 Å². The first-order valence-corrected chi connectivity index (χ1v) is 12.2. The van der Waals surface area contributed by atoms with E-state index >= 15 is 0 Å². The van der Waals surface area contributed by atoms with Gasteiger partial charge in [0.25, 0.3) is 0 Å². The maximum absolute atomic E-state index is 13.5. The molecule has 1 saturated heterocycles. The molecule has 0 radical (unpaired) electrons. The van der Waals surface area contributed by atoms with Crippen molar-refractivity contribution in [3.8, 4) is 11.8 Å². The molecule has 2 aromatic carbocycles. The van der Waals surface area contributed by atoms with Gasteiger partial charge < -0.3 is 9.64 Å². The first kappa shape index (κ1) is 22.0. The molecule has 1 aromatic heterocycles. The van der Waals surface area contributed by atoms with Crippen molar-refractivity contribution in [2.75, 3.05) is 25.1 Å². The Balaban J connectivity index is 1.87. The first-order valence-electron chi connectivity index (χ1n) is 10.6. The number of ether oxygens (including phenoxy) is 1. The zero-order valence-electron chi connectivity index (χ0n) is 18.4. The molecule has 3 atom stereocenters. The summed E-state index contributed by atoms with van der Waals surface area (Å²) in [6, 6.07) is 15.4. The van der Waals surface area contributed by atoms with E-state index in [1.165, 1.54) is 19.2 Å². The number of nitrogens with zero attached hydrogens (tertiary/aromatic N) is 4. The van der Waals surface area contributed by atoms with Crippen LogP contribution in [0.25, 0.3) is 11.0 Å². The van der Waals surface area contributed by atoms with Gasteiger partial charge in [-0.25, -0.2) is 18.4 Å². The number of hydrogen-bond donors (Lipinski definition) is 0. The van der Waals surface area contributed by atoms with Crippen molar-refractivity contribution in [1.29, 1.82) is 5.26 Å². The third-order valence-corrected chi connectivity index (χ3v) is 7.69. The van der Waals surface area contributed by atoms with Gasteiger partial charge in [-0.05, 0) is 54.7 Å². The van der Waals surface area contributed by atoms with Crippen molar-refractivity contribution in [2.45, 2.75) is 30.4 Å². The van der Waals surface area contributed by atoms with Gasteiger partial charge in [-0.3, -0.25) is 0 Å². The summed E-state index contributed by atoms with van der Waals surface area (Å²) in [6.07, 6.45) is 1.10. The molecule has 166 valence electrons. The number of hydrogen-bond acceptors (Lipinski definition) is 7. The van der Waals surface area contributed by atoms with Gasteiger partial charge in [-0.1, -0.05) is 26.0 Å². The Kier molecular flexibility index (Phi) is 6.02. The number of aromatic nitrogens is 2. The SMILES string of the molecule is COc1ccc(S(=O)(=O)[C@H](C#N)c2nc3ccccc3nc2N2C[C@H](C)C[C@H](C)C2)cc1. The molecule has 0 saturated carbocycles. The summed E-state index contributed by atoms with van der Waals surface area (Å²) in [6.45, 7) is 5.83. The Bertz CT molecular complexity index is 1260. The molecular weight excluding hydrogens is 424 g/mol. The second-order valence-corrected chi connectivity index (χ2v) is 10.5. The first-order chi connectivity index (χ1) is 15.3. The van der Waals surface area contributed by atoms with Gasteiger partial charge in [0.2, 0.25) is 9.84 Å². The van der Waals surface area contributed by atoms with E-state index < -0.39 is 15.1 Å². The Hall–Kier alpha value is -3.18. The van der Waals surface area contributed by atoms with Gasteiger partial charge in [0, 0.05) is 13.1 Å². The van der Waals surface area contributed by atoms with Crippen LogP contribution in [0.3, 0.4) is 0 Å². The van der Waals surface area contributed by atoms with E-state index in [9.17, 15) is 13.7 Å². The second-order valence-electron chi connectivity index (χ2n) is 8.50. The van der Waals surface area contributed by atoms with Crippen molar-refractivity contribution >= 4 is 26.7 Å². The molecule has 32 heavy (non-hydrogen) atoms. The molecule has 8 heteroatoms. The van der Waals surface area contributed by atoms with Gasteiger partial charge in [-0.2, -0.15) is 5.26 Å². The van der Waals surface area contributed by atoms with Crippen molar-refractivity contribution < 1.29 is 13.2 Å². The maximum Gasteiger partial charge on any atom is 0.200 e. The predicted octanol–water partition coefficient (Wildman–Crippen LogP) is 4.16. The highest BCUT2D eigenvalue weighted by atomic mass is 32.2. The zero-order chi connectivity index (χ0) is 22.9. The number of piperidine rings is 1. The van der Waals surface area contributed by atoms with Crippen LogP contribution < -0.4 is 9.64 Å². The van der Waals surface area contributed by atoms with E-state index in [2.05, 4.69) is 23.7 Å². The smallest absolute Gasteiger partial charge is 0.200 e. The molecule has 0 N–H and O–H groups in total. The minimum absolute atomic E-state index is 0.0474. The summed E-state index contributed by atoms with van der Waals surface area (Å²) < 4.78 is 32.2. The van der Waals surface area contributed by atoms with Crippen molar-refractivity contribution in [1.82, 2.24) is 9.97 Å². The third-order valence-electron chi connectivity index (χ3n) is 5.81. The summed E-state index contributed by atoms with van der Waals surface area (Å²) in [4.78, 5) is 11.6. The van der Waals surface area contributed by atoms with E-state index in [0.29, 0.717) is 34.4 Å². The number of sulfone groups is 1. The molecule has 1 aliphatic rings. The van der Waals surface area contributed by atoms with Gasteiger partial charge >= 0.3 is 0 Å². The number of methoxy groups -OCH3 is 1. The van der Waals surface area contributed by atoms with E-state index in [1.54, 1.807) is 18.2 Å². The fourth-order valence-electron chi connectivity index (χ4n) is 4.43. The van der Waals surface area contributed by atoms with Gasteiger partial charge in [0.05, 0.1) is 29.1 Å². The van der Waals surface area contributed by atoms with Crippen molar-refractivity contribution in [3.63, 3.8) is 0 Å². The van der Waals surface area contributed by atoms with Crippen LogP contribution in [0.4, 0.5) is 5.82 Å². The van der Waals surface area contributed by atoms with Crippen LogP contribution in [0.15, 0.2) is 53.4 Å². The zero-order valence-corrected chi connectivity index (χ0v) is 19.2. The molecule has 3 aromatic rings.